The fraction of sp³-hybridized carbons (Fsp3) is 0.360. The minimum absolute atomic E-state index is 0.00181. The van der Waals surface area contributed by atoms with Crippen LogP contribution in [0.2, 0.25) is 0 Å². The van der Waals surface area contributed by atoms with Crippen molar-refractivity contribution in [1.82, 2.24) is 14.8 Å². The van der Waals surface area contributed by atoms with Gasteiger partial charge in [-0.05, 0) is 48.7 Å². The van der Waals surface area contributed by atoms with Crippen LogP contribution in [0, 0.1) is 6.92 Å². The van der Waals surface area contributed by atoms with Crippen molar-refractivity contribution in [2.24, 2.45) is 0 Å². The molecule has 1 amide bonds. The van der Waals surface area contributed by atoms with Gasteiger partial charge in [0.1, 0.15) is 5.75 Å². The number of carboxylic acids is 1. The number of fused-ring (bicyclic) bond motifs is 2. The summed E-state index contributed by atoms with van der Waals surface area (Å²) in [7, 11) is 1.70. The lowest BCUT2D eigenvalue weighted by molar-refractivity contribution is -0.132. The number of aromatic nitrogens is 1. The van der Waals surface area contributed by atoms with Gasteiger partial charge in [0.05, 0.1) is 24.8 Å². The van der Waals surface area contributed by atoms with E-state index in [0.29, 0.717) is 19.5 Å². The van der Waals surface area contributed by atoms with Gasteiger partial charge in [0.2, 0.25) is 5.91 Å². The molecule has 7 heteroatoms. The molecule has 0 spiro atoms. The molecule has 2 aliphatic rings. The smallest absolute Gasteiger partial charge is 0.335 e. The zero-order valence-corrected chi connectivity index (χ0v) is 18.3. The zero-order chi connectivity index (χ0) is 22.4. The third kappa shape index (κ3) is 3.33. The summed E-state index contributed by atoms with van der Waals surface area (Å²) in [6, 6.07) is 11.3. The number of aromatic amines is 1. The van der Waals surface area contributed by atoms with Crippen molar-refractivity contribution in [3.63, 3.8) is 0 Å². The number of benzene rings is 2. The molecule has 7 nitrogen and oxygen atoms in total. The van der Waals surface area contributed by atoms with Crippen molar-refractivity contribution >= 4 is 22.8 Å². The number of ether oxygens (including phenoxy) is 1. The van der Waals surface area contributed by atoms with Gasteiger partial charge >= 0.3 is 5.97 Å². The standard InChI is InChI=1S/C25H27N3O4/c1-15-13-21(32-2)19(18-9-10-26-23(15)18)14-27-11-12-28-20(7-8-22(28)29)24(27)16-3-5-17(6-4-16)25(30)31/h3-6,9-10,13,20,24,26H,7-8,11-12,14H2,1-2H3,(H,30,31). The Bertz CT molecular complexity index is 1180. The maximum absolute atomic E-state index is 12.5. The van der Waals surface area contributed by atoms with E-state index in [9.17, 15) is 14.7 Å². The van der Waals surface area contributed by atoms with Crippen molar-refractivity contribution in [2.75, 3.05) is 20.2 Å². The lowest BCUT2D eigenvalue weighted by atomic mass is 9.92. The molecule has 2 saturated heterocycles. The number of piperazine rings is 1. The molecule has 1 aromatic heterocycles. The van der Waals surface area contributed by atoms with E-state index in [2.05, 4.69) is 28.9 Å². The fourth-order valence-electron chi connectivity index (χ4n) is 5.41. The Morgan fingerprint density at radius 2 is 2.00 bits per heavy atom. The van der Waals surface area contributed by atoms with Crippen LogP contribution in [0.1, 0.15) is 45.9 Å². The Morgan fingerprint density at radius 1 is 1.22 bits per heavy atom. The number of hydrogen-bond donors (Lipinski definition) is 2. The summed E-state index contributed by atoms with van der Waals surface area (Å²) in [5.41, 5.74) is 4.68. The topological polar surface area (TPSA) is 85.9 Å². The Labute approximate surface area is 186 Å². The second-order valence-electron chi connectivity index (χ2n) is 8.68. The first kappa shape index (κ1) is 20.6. The van der Waals surface area contributed by atoms with Gasteiger partial charge in [-0.3, -0.25) is 9.69 Å². The predicted octanol–water partition coefficient (Wildman–Crippen LogP) is 3.73. The molecule has 166 valence electrons. The molecular weight excluding hydrogens is 406 g/mol. The number of aryl methyl sites for hydroxylation is 1. The summed E-state index contributed by atoms with van der Waals surface area (Å²) in [5, 5.41) is 10.4. The van der Waals surface area contributed by atoms with E-state index in [1.165, 1.54) is 0 Å². The molecule has 32 heavy (non-hydrogen) atoms. The average Bonchev–Trinajstić information content (AvgIpc) is 3.43. The van der Waals surface area contributed by atoms with Gasteiger partial charge in [0.25, 0.3) is 0 Å². The number of carboxylic acid groups (broad SMARTS) is 1. The van der Waals surface area contributed by atoms with E-state index in [0.717, 1.165) is 46.3 Å². The van der Waals surface area contributed by atoms with Gasteiger partial charge in [0, 0.05) is 48.7 Å². The number of carbonyl (C=O) groups is 2. The zero-order valence-electron chi connectivity index (χ0n) is 18.3. The summed E-state index contributed by atoms with van der Waals surface area (Å²) in [6.45, 7) is 4.21. The first-order chi connectivity index (χ1) is 15.5. The molecule has 2 aromatic carbocycles. The Kier molecular flexibility index (Phi) is 5.13. The highest BCUT2D eigenvalue weighted by molar-refractivity contribution is 5.88. The first-order valence-electron chi connectivity index (χ1n) is 11.0. The highest BCUT2D eigenvalue weighted by atomic mass is 16.5. The molecule has 0 saturated carbocycles. The summed E-state index contributed by atoms with van der Waals surface area (Å²) in [4.78, 5) is 31.6. The molecule has 2 N–H and O–H groups in total. The average molecular weight is 434 g/mol. The Balaban J connectivity index is 1.56. The minimum atomic E-state index is -0.936. The van der Waals surface area contributed by atoms with Gasteiger partial charge < -0.3 is 19.7 Å². The van der Waals surface area contributed by atoms with Crippen LogP contribution in [0.3, 0.4) is 0 Å². The van der Waals surface area contributed by atoms with E-state index in [-0.39, 0.29) is 23.6 Å². The van der Waals surface area contributed by atoms with Gasteiger partial charge in [0.15, 0.2) is 0 Å². The summed E-state index contributed by atoms with van der Waals surface area (Å²) >= 11 is 0. The van der Waals surface area contributed by atoms with Gasteiger partial charge in [-0.25, -0.2) is 4.79 Å². The fourth-order valence-corrected chi connectivity index (χ4v) is 5.41. The van der Waals surface area contributed by atoms with E-state index in [4.69, 9.17) is 4.74 Å². The second kappa shape index (κ2) is 7.98. The third-order valence-corrected chi connectivity index (χ3v) is 6.95. The van der Waals surface area contributed by atoms with Crippen LogP contribution in [0.5, 0.6) is 5.75 Å². The van der Waals surface area contributed by atoms with Crippen molar-refractivity contribution in [2.45, 2.75) is 38.4 Å². The van der Waals surface area contributed by atoms with Crippen LogP contribution in [-0.2, 0) is 11.3 Å². The molecule has 2 aliphatic heterocycles. The maximum Gasteiger partial charge on any atom is 0.335 e. The SMILES string of the molecule is COc1cc(C)c2[nH]ccc2c1CN1CCN2C(=O)CCC2C1c1ccc(C(=O)O)cc1. The van der Waals surface area contributed by atoms with Crippen molar-refractivity contribution in [1.29, 1.82) is 0 Å². The van der Waals surface area contributed by atoms with Gasteiger partial charge in [-0.15, -0.1) is 0 Å². The first-order valence-corrected chi connectivity index (χ1v) is 11.0. The number of rotatable bonds is 5. The highest BCUT2D eigenvalue weighted by Crippen LogP contribution is 2.40. The van der Waals surface area contributed by atoms with Crippen LogP contribution in [0.15, 0.2) is 42.6 Å². The Morgan fingerprint density at radius 3 is 2.72 bits per heavy atom. The lowest BCUT2D eigenvalue weighted by Crippen LogP contribution is -2.53. The van der Waals surface area contributed by atoms with E-state index >= 15 is 0 Å². The molecule has 2 unspecified atom stereocenters. The minimum Gasteiger partial charge on any atom is -0.496 e. The summed E-state index contributed by atoms with van der Waals surface area (Å²) in [6.07, 6.45) is 3.33. The molecule has 5 rings (SSSR count). The van der Waals surface area contributed by atoms with E-state index < -0.39 is 5.97 Å². The number of carbonyl (C=O) groups excluding carboxylic acids is 1. The normalized spacial score (nSPS) is 21.2. The van der Waals surface area contributed by atoms with Crippen molar-refractivity contribution < 1.29 is 19.4 Å². The second-order valence-corrected chi connectivity index (χ2v) is 8.68. The molecule has 2 atom stereocenters. The quantitative estimate of drug-likeness (QED) is 0.640. The summed E-state index contributed by atoms with van der Waals surface area (Å²) in [5.74, 6) is 0.135. The number of aromatic carboxylic acids is 1. The number of H-pyrrole nitrogens is 1. The number of nitrogens with one attached hydrogen (secondary N) is 1. The van der Waals surface area contributed by atoms with Crippen LogP contribution in [0.4, 0.5) is 0 Å². The van der Waals surface area contributed by atoms with Gasteiger partial charge in [-0.1, -0.05) is 12.1 Å². The van der Waals surface area contributed by atoms with Crippen LogP contribution >= 0.6 is 0 Å². The lowest BCUT2D eigenvalue weighted by Gasteiger charge is -2.45. The highest BCUT2D eigenvalue weighted by Gasteiger charge is 2.43. The predicted molar refractivity (Wildman–Crippen MR) is 121 cm³/mol. The Hall–Kier alpha value is -3.32. The summed E-state index contributed by atoms with van der Waals surface area (Å²) < 4.78 is 5.76. The number of nitrogens with zero attached hydrogens (tertiary/aromatic N) is 2. The van der Waals surface area contributed by atoms with Crippen molar-refractivity contribution in [3.8, 4) is 5.75 Å². The van der Waals surface area contributed by atoms with Crippen molar-refractivity contribution in [3.05, 3.63) is 64.8 Å². The number of hydrogen-bond acceptors (Lipinski definition) is 4. The number of amides is 1. The monoisotopic (exact) mass is 433 g/mol. The van der Waals surface area contributed by atoms with E-state index in [1.807, 2.05) is 23.2 Å². The molecule has 2 fully saturated rings. The van der Waals surface area contributed by atoms with Gasteiger partial charge in [-0.2, -0.15) is 0 Å². The largest absolute Gasteiger partial charge is 0.496 e. The van der Waals surface area contributed by atoms with Crippen LogP contribution in [0.25, 0.3) is 10.9 Å². The third-order valence-electron chi connectivity index (χ3n) is 6.95. The molecule has 0 aliphatic carbocycles. The van der Waals surface area contributed by atoms with E-state index in [1.54, 1.807) is 19.2 Å². The molecule has 3 heterocycles. The molecule has 0 bridgehead atoms. The molecule has 3 aromatic rings. The molecule has 0 radical (unpaired) electrons. The number of methoxy groups -OCH3 is 1. The molecular formula is C25H27N3O4. The van der Waals surface area contributed by atoms with Crippen LogP contribution < -0.4 is 4.74 Å². The maximum atomic E-state index is 12.5. The van der Waals surface area contributed by atoms with Crippen LogP contribution in [-0.4, -0.2) is 58.0 Å².